The van der Waals surface area contributed by atoms with Crippen LogP contribution in [0.5, 0.6) is 0 Å². The van der Waals surface area contributed by atoms with Crippen molar-refractivity contribution in [3.8, 4) is 11.4 Å². The monoisotopic (exact) mass is 332 g/mol. The molecule has 0 aliphatic carbocycles. The average Bonchev–Trinajstić information content (AvgIpc) is 3.21. The molecule has 2 heterocycles. The zero-order valence-corrected chi connectivity index (χ0v) is 13.8. The van der Waals surface area contributed by atoms with Crippen molar-refractivity contribution in [2.45, 2.75) is 0 Å². The number of amides is 1. The molecule has 0 aliphatic rings. The SMILES string of the molecule is Cn1nnc(-c2cccc(NC(=O)c3ccc4c(ccn4C)c3)c2)n1. The fraction of sp³-hybridized carbons (Fsp3) is 0.111. The van der Waals surface area contributed by atoms with Crippen LogP contribution in [0.15, 0.2) is 54.7 Å². The lowest BCUT2D eigenvalue weighted by molar-refractivity contribution is 0.102. The lowest BCUT2D eigenvalue weighted by Gasteiger charge is -2.07. The Bertz CT molecular complexity index is 1080. The van der Waals surface area contributed by atoms with E-state index in [4.69, 9.17) is 0 Å². The molecule has 1 amide bonds. The van der Waals surface area contributed by atoms with Gasteiger partial charge in [0, 0.05) is 41.0 Å². The van der Waals surface area contributed by atoms with Crippen LogP contribution in [0, 0.1) is 0 Å². The minimum Gasteiger partial charge on any atom is -0.351 e. The van der Waals surface area contributed by atoms with Gasteiger partial charge in [-0.15, -0.1) is 10.2 Å². The van der Waals surface area contributed by atoms with Gasteiger partial charge in [0.25, 0.3) is 5.91 Å². The summed E-state index contributed by atoms with van der Waals surface area (Å²) in [6, 6.07) is 15.0. The van der Waals surface area contributed by atoms with Gasteiger partial charge in [0.15, 0.2) is 0 Å². The molecule has 0 spiro atoms. The molecule has 0 unspecified atom stereocenters. The third-order valence-electron chi connectivity index (χ3n) is 4.03. The van der Waals surface area contributed by atoms with Crippen molar-refractivity contribution < 1.29 is 4.79 Å². The highest BCUT2D eigenvalue weighted by Gasteiger charge is 2.10. The molecule has 7 heteroatoms. The van der Waals surface area contributed by atoms with Crippen molar-refractivity contribution in [3.05, 3.63) is 60.3 Å². The summed E-state index contributed by atoms with van der Waals surface area (Å²) in [5.41, 5.74) is 3.18. The van der Waals surface area contributed by atoms with Crippen LogP contribution in [0.4, 0.5) is 5.69 Å². The lowest BCUT2D eigenvalue weighted by atomic mass is 10.1. The number of nitrogens with one attached hydrogen (secondary N) is 1. The molecule has 0 saturated heterocycles. The molecule has 0 atom stereocenters. The summed E-state index contributed by atoms with van der Waals surface area (Å²) in [7, 11) is 3.69. The van der Waals surface area contributed by atoms with E-state index in [0.29, 0.717) is 17.1 Å². The number of hydrogen-bond donors (Lipinski definition) is 1. The van der Waals surface area contributed by atoms with Gasteiger partial charge >= 0.3 is 0 Å². The molecule has 1 N–H and O–H groups in total. The average molecular weight is 332 g/mol. The molecule has 0 aliphatic heterocycles. The van der Waals surface area contributed by atoms with Crippen LogP contribution in [-0.2, 0) is 14.1 Å². The number of carbonyl (C=O) groups is 1. The maximum atomic E-state index is 12.6. The number of rotatable bonds is 3. The molecule has 0 fully saturated rings. The number of benzene rings is 2. The summed E-state index contributed by atoms with van der Waals surface area (Å²) < 4.78 is 2.02. The second kappa shape index (κ2) is 5.86. The Morgan fingerprint density at radius 1 is 1.08 bits per heavy atom. The highest BCUT2D eigenvalue weighted by atomic mass is 16.1. The number of nitrogens with zero attached hydrogens (tertiary/aromatic N) is 5. The predicted octanol–water partition coefficient (Wildman–Crippen LogP) is 2.62. The topological polar surface area (TPSA) is 77.6 Å². The van der Waals surface area contributed by atoms with E-state index in [1.54, 1.807) is 7.05 Å². The second-order valence-corrected chi connectivity index (χ2v) is 5.84. The van der Waals surface area contributed by atoms with Gasteiger partial charge in [0.05, 0.1) is 7.05 Å². The Morgan fingerprint density at radius 2 is 1.96 bits per heavy atom. The number of carbonyl (C=O) groups excluding carboxylic acids is 1. The first-order valence-corrected chi connectivity index (χ1v) is 7.81. The molecule has 4 rings (SSSR count). The Kier molecular flexibility index (Phi) is 3.53. The lowest BCUT2D eigenvalue weighted by Crippen LogP contribution is -2.11. The highest BCUT2D eigenvalue weighted by molar-refractivity contribution is 6.06. The summed E-state index contributed by atoms with van der Waals surface area (Å²) >= 11 is 0. The Morgan fingerprint density at radius 3 is 2.76 bits per heavy atom. The zero-order valence-electron chi connectivity index (χ0n) is 13.8. The van der Waals surface area contributed by atoms with Crippen LogP contribution in [0.25, 0.3) is 22.3 Å². The minimum atomic E-state index is -0.157. The summed E-state index contributed by atoms with van der Waals surface area (Å²) in [5.74, 6) is 0.360. The van der Waals surface area contributed by atoms with Crippen LogP contribution >= 0.6 is 0 Å². The van der Waals surface area contributed by atoms with E-state index in [0.717, 1.165) is 16.5 Å². The number of fused-ring (bicyclic) bond motifs is 1. The van der Waals surface area contributed by atoms with Crippen LogP contribution in [0.1, 0.15) is 10.4 Å². The molecule has 0 saturated carbocycles. The minimum absolute atomic E-state index is 0.157. The van der Waals surface area contributed by atoms with Crippen molar-refractivity contribution in [2.75, 3.05) is 5.32 Å². The largest absolute Gasteiger partial charge is 0.351 e. The Balaban J connectivity index is 1.59. The number of aryl methyl sites for hydroxylation is 2. The van der Waals surface area contributed by atoms with Gasteiger partial charge in [-0.2, -0.15) is 4.80 Å². The fourth-order valence-corrected chi connectivity index (χ4v) is 2.76. The number of aromatic nitrogens is 5. The van der Waals surface area contributed by atoms with Crippen molar-refractivity contribution in [2.24, 2.45) is 14.1 Å². The fourth-order valence-electron chi connectivity index (χ4n) is 2.76. The van der Waals surface area contributed by atoms with Crippen molar-refractivity contribution in [1.29, 1.82) is 0 Å². The van der Waals surface area contributed by atoms with Gasteiger partial charge in [0.1, 0.15) is 0 Å². The maximum Gasteiger partial charge on any atom is 0.255 e. The van der Waals surface area contributed by atoms with Gasteiger partial charge < -0.3 is 9.88 Å². The molecule has 124 valence electrons. The molecular weight excluding hydrogens is 316 g/mol. The summed E-state index contributed by atoms with van der Waals surface area (Å²) in [5, 5.41) is 15.9. The van der Waals surface area contributed by atoms with E-state index in [9.17, 15) is 4.79 Å². The zero-order chi connectivity index (χ0) is 17.4. The van der Waals surface area contributed by atoms with E-state index >= 15 is 0 Å². The van der Waals surface area contributed by atoms with Crippen molar-refractivity contribution in [3.63, 3.8) is 0 Å². The Labute approximate surface area is 143 Å². The van der Waals surface area contributed by atoms with Crippen molar-refractivity contribution in [1.82, 2.24) is 24.8 Å². The molecule has 0 bridgehead atoms. The van der Waals surface area contributed by atoms with Crippen LogP contribution in [0.3, 0.4) is 0 Å². The van der Waals surface area contributed by atoms with E-state index in [2.05, 4.69) is 20.7 Å². The molecule has 25 heavy (non-hydrogen) atoms. The van der Waals surface area contributed by atoms with Crippen LogP contribution in [0.2, 0.25) is 0 Å². The van der Waals surface area contributed by atoms with Crippen LogP contribution < -0.4 is 5.32 Å². The normalized spacial score (nSPS) is 11.0. The third-order valence-corrected chi connectivity index (χ3v) is 4.03. The summed E-state index contributed by atoms with van der Waals surface area (Å²) in [6.07, 6.45) is 1.98. The number of anilines is 1. The second-order valence-electron chi connectivity index (χ2n) is 5.84. The van der Waals surface area contributed by atoms with Gasteiger partial charge in [-0.25, -0.2) is 0 Å². The summed E-state index contributed by atoms with van der Waals surface area (Å²) in [4.78, 5) is 13.9. The molecular formula is C18H16N6O. The molecule has 0 radical (unpaired) electrons. The smallest absolute Gasteiger partial charge is 0.255 e. The quantitative estimate of drug-likeness (QED) is 0.625. The van der Waals surface area contributed by atoms with Gasteiger partial charge in [0.2, 0.25) is 5.82 Å². The third kappa shape index (κ3) is 2.87. The first-order valence-electron chi connectivity index (χ1n) is 7.81. The number of hydrogen-bond acceptors (Lipinski definition) is 4. The van der Waals surface area contributed by atoms with Crippen LogP contribution in [-0.4, -0.2) is 30.7 Å². The number of tetrazole rings is 1. The molecule has 2 aromatic carbocycles. The molecule has 4 aromatic rings. The highest BCUT2D eigenvalue weighted by Crippen LogP contribution is 2.21. The molecule has 7 nitrogen and oxygen atoms in total. The summed E-state index contributed by atoms with van der Waals surface area (Å²) in [6.45, 7) is 0. The van der Waals surface area contributed by atoms with E-state index in [1.165, 1.54) is 4.80 Å². The van der Waals surface area contributed by atoms with Gasteiger partial charge in [-0.1, -0.05) is 12.1 Å². The van der Waals surface area contributed by atoms with Gasteiger partial charge in [-0.3, -0.25) is 4.79 Å². The Hall–Kier alpha value is -3.48. The standard InChI is InChI=1S/C18H16N6O/c1-23-9-8-12-10-14(6-7-16(12)23)18(25)19-15-5-3-4-13(11-15)17-20-22-24(2)21-17/h3-11H,1-2H3,(H,19,25). The molecule has 2 aromatic heterocycles. The van der Waals surface area contributed by atoms with E-state index in [-0.39, 0.29) is 5.91 Å². The maximum absolute atomic E-state index is 12.6. The first-order chi connectivity index (χ1) is 12.1. The van der Waals surface area contributed by atoms with Crippen molar-refractivity contribution >= 4 is 22.5 Å². The predicted molar refractivity (Wildman–Crippen MR) is 95.1 cm³/mol. The van der Waals surface area contributed by atoms with Gasteiger partial charge in [-0.05, 0) is 41.6 Å². The van der Waals surface area contributed by atoms with E-state index < -0.39 is 0 Å². The van der Waals surface area contributed by atoms with E-state index in [1.807, 2.05) is 66.3 Å². The first kappa shape index (κ1) is 15.1.